The molecule has 25 heavy (non-hydrogen) atoms. The molecule has 7 heteroatoms. The average Bonchev–Trinajstić information content (AvgIpc) is 2.96. The van der Waals surface area contributed by atoms with Crippen LogP contribution in [0.3, 0.4) is 0 Å². The van der Waals surface area contributed by atoms with Gasteiger partial charge >= 0.3 is 6.03 Å². The predicted octanol–water partition coefficient (Wildman–Crippen LogP) is 3.23. The summed E-state index contributed by atoms with van der Waals surface area (Å²) in [6.07, 6.45) is 0. The van der Waals surface area contributed by atoms with Crippen LogP contribution in [0.4, 0.5) is 16.2 Å². The first-order valence-electron chi connectivity index (χ1n) is 7.83. The fourth-order valence-corrected chi connectivity index (χ4v) is 2.91. The number of methoxy groups -OCH3 is 1. The molecular formula is C18H18ClN3O3. The van der Waals surface area contributed by atoms with E-state index in [1.54, 1.807) is 41.3 Å². The Balaban J connectivity index is 1.64. The monoisotopic (exact) mass is 359 g/mol. The van der Waals surface area contributed by atoms with Crippen molar-refractivity contribution in [3.8, 4) is 5.75 Å². The SMILES string of the molecule is COc1ccccc1NC(=O)CN1CCN(c2cccc(Cl)c2)C1=O. The molecule has 1 aliphatic rings. The number of anilines is 2. The Hall–Kier alpha value is -2.73. The van der Waals surface area contributed by atoms with Crippen molar-refractivity contribution in [1.29, 1.82) is 0 Å². The van der Waals surface area contributed by atoms with Gasteiger partial charge in [0.05, 0.1) is 12.8 Å². The number of nitrogens with one attached hydrogen (secondary N) is 1. The maximum atomic E-state index is 12.5. The van der Waals surface area contributed by atoms with Gasteiger partial charge in [-0.25, -0.2) is 4.79 Å². The highest BCUT2D eigenvalue weighted by molar-refractivity contribution is 6.30. The molecule has 0 aromatic heterocycles. The standard InChI is InChI=1S/C18H18ClN3O3/c1-25-16-8-3-2-7-15(16)20-17(23)12-21-9-10-22(18(21)24)14-6-4-5-13(19)11-14/h2-8,11H,9-10,12H2,1H3,(H,20,23). The first kappa shape index (κ1) is 17.1. The summed E-state index contributed by atoms with van der Waals surface area (Å²) in [5, 5.41) is 3.34. The fourth-order valence-electron chi connectivity index (χ4n) is 2.72. The van der Waals surface area contributed by atoms with Crippen molar-refractivity contribution in [1.82, 2.24) is 4.90 Å². The maximum absolute atomic E-state index is 12.5. The summed E-state index contributed by atoms with van der Waals surface area (Å²) >= 11 is 5.98. The smallest absolute Gasteiger partial charge is 0.325 e. The number of ether oxygens (including phenoxy) is 1. The number of halogens is 1. The van der Waals surface area contributed by atoms with Gasteiger partial charge in [0.15, 0.2) is 0 Å². The van der Waals surface area contributed by atoms with Crippen molar-refractivity contribution in [3.05, 3.63) is 53.6 Å². The number of urea groups is 1. The molecule has 0 bridgehead atoms. The topological polar surface area (TPSA) is 61.9 Å². The van der Waals surface area contributed by atoms with Gasteiger partial charge < -0.3 is 15.0 Å². The summed E-state index contributed by atoms with van der Waals surface area (Å²) in [6, 6.07) is 14.0. The molecule has 0 aliphatic carbocycles. The van der Waals surface area contributed by atoms with Crippen molar-refractivity contribution in [3.63, 3.8) is 0 Å². The molecule has 0 unspecified atom stereocenters. The van der Waals surface area contributed by atoms with Gasteiger partial charge in [0.2, 0.25) is 5.91 Å². The Bertz CT molecular complexity index is 797. The van der Waals surface area contributed by atoms with Crippen LogP contribution >= 0.6 is 11.6 Å². The van der Waals surface area contributed by atoms with Crippen LogP contribution in [-0.4, -0.2) is 43.6 Å². The molecule has 130 valence electrons. The molecule has 1 N–H and O–H groups in total. The average molecular weight is 360 g/mol. The Morgan fingerprint density at radius 2 is 2.00 bits per heavy atom. The Morgan fingerprint density at radius 1 is 1.20 bits per heavy atom. The number of nitrogens with zero attached hydrogens (tertiary/aromatic N) is 2. The first-order chi connectivity index (χ1) is 12.1. The molecule has 1 heterocycles. The zero-order chi connectivity index (χ0) is 17.8. The van der Waals surface area contributed by atoms with Gasteiger partial charge in [0.1, 0.15) is 12.3 Å². The molecule has 2 aromatic carbocycles. The quantitative estimate of drug-likeness (QED) is 0.891. The van der Waals surface area contributed by atoms with Crippen LogP contribution in [0.15, 0.2) is 48.5 Å². The van der Waals surface area contributed by atoms with E-state index in [-0.39, 0.29) is 18.5 Å². The van der Waals surface area contributed by atoms with Gasteiger partial charge in [-0.2, -0.15) is 0 Å². The highest BCUT2D eigenvalue weighted by Crippen LogP contribution is 2.25. The Kier molecular flexibility index (Phi) is 5.09. The molecule has 0 spiro atoms. The van der Waals surface area contributed by atoms with Crippen LogP contribution in [0.25, 0.3) is 0 Å². The number of amides is 3. The van der Waals surface area contributed by atoms with E-state index in [0.29, 0.717) is 29.5 Å². The lowest BCUT2D eigenvalue weighted by Gasteiger charge is -2.19. The van der Waals surface area contributed by atoms with E-state index in [9.17, 15) is 9.59 Å². The van der Waals surface area contributed by atoms with Gasteiger partial charge in [-0.05, 0) is 30.3 Å². The minimum atomic E-state index is -0.272. The zero-order valence-electron chi connectivity index (χ0n) is 13.7. The molecule has 3 rings (SSSR count). The number of rotatable bonds is 5. The second-order valence-corrected chi connectivity index (χ2v) is 6.02. The van der Waals surface area contributed by atoms with Crippen LogP contribution in [-0.2, 0) is 4.79 Å². The van der Waals surface area contributed by atoms with E-state index >= 15 is 0 Å². The van der Waals surface area contributed by atoms with E-state index < -0.39 is 0 Å². The van der Waals surface area contributed by atoms with Gasteiger partial charge in [-0.3, -0.25) is 9.69 Å². The molecule has 1 aliphatic heterocycles. The van der Waals surface area contributed by atoms with E-state index in [4.69, 9.17) is 16.3 Å². The Morgan fingerprint density at radius 3 is 2.76 bits per heavy atom. The van der Waals surface area contributed by atoms with E-state index in [0.717, 1.165) is 5.69 Å². The minimum Gasteiger partial charge on any atom is -0.495 e. The van der Waals surface area contributed by atoms with E-state index in [2.05, 4.69) is 5.32 Å². The van der Waals surface area contributed by atoms with Crippen LogP contribution in [0, 0.1) is 0 Å². The molecule has 1 fully saturated rings. The number of carbonyl (C=O) groups is 2. The number of hydrogen-bond acceptors (Lipinski definition) is 3. The summed E-state index contributed by atoms with van der Waals surface area (Å²) in [5.41, 5.74) is 1.30. The number of carbonyl (C=O) groups excluding carboxylic acids is 2. The van der Waals surface area contributed by atoms with Crippen LogP contribution in [0.2, 0.25) is 5.02 Å². The molecule has 6 nitrogen and oxygen atoms in total. The zero-order valence-corrected chi connectivity index (χ0v) is 14.5. The molecule has 3 amide bonds. The lowest BCUT2D eigenvalue weighted by atomic mass is 10.3. The molecule has 2 aromatic rings. The number of hydrogen-bond donors (Lipinski definition) is 1. The number of benzene rings is 2. The third kappa shape index (κ3) is 3.85. The van der Waals surface area contributed by atoms with Crippen LogP contribution in [0.5, 0.6) is 5.75 Å². The summed E-state index contributed by atoms with van der Waals surface area (Å²) in [5.74, 6) is 0.301. The van der Waals surface area contributed by atoms with Crippen molar-refractivity contribution < 1.29 is 14.3 Å². The second kappa shape index (κ2) is 7.44. The molecule has 0 radical (unpaired) electrons. The van der Waals surface area contributed by atoms with Crippen molar-refractivity contribution >= 4 is 34.9 Å². The predicted molar refractivity (Wildman–Crippen MR) is 97.4 cm³/mol. The summed E-state index contributed by atoms with van der Waals surface area (Å²) < 4.78 is 5.21. The first-order valence-corrected chi connectivity index (χ1v) is 8.21. The van der Waals surface area contributed by atoms with Crippen molar-refractivity contribution in [2.24, 2.45) is 0 Å². The fraction of sp³-hybridized carbons (Fsp3) is 0.222. The lowest BCUT2D eigenvalue weighted by Crippen LogP contribution is -2.37. The van der Waals surface area contributed by atoms with E-state index in [1.165, 1.54) is 12.0 Å². The number of para-hydroxylation sites is 2. The summed E-state index contributed by atoms with van der Waals surface area (Å²) in [4.78, 5) is 27.9. The van der Waals surface area contributed by atoms with Gasteiger partial charge in [-0.1, -0.05) is 29.8 Å². The van der Waals surface area contributed by atoms with Crippen molar-refractivity contribution in [2.45, 2.75) is 0 Å². The maximum Gasteiger partial charge on any atom is 0.325 e. The molecular weight excluding hydrogens is 342 g/mol. The summed E-state index contributed by atoms with van der Waals surface area (Å²) in [7, 11) is 1.54. The third-order valence-corrected chi connectivity index (χ3v) is 4.17. The summed E-state index contributed by atoms with van der Waals surface area (Å²) in [6.45, 7) is 0.972. The third-order valence-electron chi connectivity index (χ3n) is 3.93. The Labute approximate surface area is 150 Å². The normalized spacial score (nSPS) is 13.9. The molecule has 1 saturated heterocycles. The van der Waals surface area contributed by atoms with Crippen LogP contribution in [0.1, 0.15) is 0 Å². The van der Waals surface area contributed by atoms with Gasteiger partial charge in [0.25, 0.3) is 0 Å². The largest absolute Gasteiger partial charge is 0.495 e. The van der Waals surface area contributed by atoms with E-state index in [1.807, 2.05) is 12.1 Å². The van der Waals surface area contributed by atoms with Gasteiger partial charge in [-0.15, -0.1) is 0 Å². The molecule has 0 atom stereocenters. The van der Waals surface area contributed by atoms with Crippen molar-refractivity contribution in [2.75, 3.05) is 37.0 Å². The van der Waals surface area contributed by atoms with Gasteiger partial charge in [0, 0.05) is 23.8 Å². The highest BCUT2D eigenvalue weighted by atomic mass is 35.5. The second-order valence-electron chi connectivity index (χ2n) is 5.58. The molecule has 0 saturated carbocycles. The highest BCUT2D eigenvalue weighted by Gasteiger charge is 2.31. The minimum absolute atomic E-state index is 0.0199. The lowest BCUT2D eigenvalue weighted by molar-refractivity contribution is -0.116. The van der Waals surface area contributed by atoms with Crippen LogP contribution < -0.4 is 15.0 Å².